The van der Waals surface area contributed by atoms with E-state index in [9.17, 15) is 0 Å². The van der Waals surface area contributed by atoms with Crippen molar-refractivity contribution in [2.45, 2.75) is 52.8 Å². The van der Waals surface area contributed by atoms with Crippen molar-refractivity contribution in [3.63, 3.8) is 0 Å². The largest absolute Gasteiger partial charge is 0.356 e. The smallest absolute Gasteiger partial charge is 0.299 e. The first kappa shape index (κ1) is 12.0. The summed E-state index contributed by atoms with van der Waals surface area (Å²) in [4.78, 5) is 0. The topological polar surface area (TPSA) is 52.0 Å². The summed E-state index contributed by atoms with van der Waals surface area (Å²) in [5.74, 6) is 0. The van der Waals surface area contributed by atoms with Crippen LogP contribution < -0.4 is 11.3 Å². The first-order valence-electron chi connectivity index (χ1n) is 5.11. The summed E-state index contributed by atoms with van der Waals surface area (Å²) in [7, 11) is 0. The highest BCUT2D eigenvalue weighted by molar-refractivity contribution is 6.51. The van der Waals surface area contributed by atoms with Crippen LogP contribution in [0.15, 0.2) is 0 Å². The molecule has 12 heavy (non-hydrogen) atoms. The second-order valence-corrected chi connectivity index (χ2v) is 3.76. The third-order valence-electron chi connectivity index (χ3n) is 3.26. The molecule has 4 N–H and O–H groups in total. The van der Waals surface area contributed by atoms with Crippen molar-refractivity contribution in [3.8, 4) is 0 Å². The van der Waals surface area contributed by atoms with Gasteiger partial charge in [0.2, 0.25) is 0 Å². The minimum atomic E-state index is -0.131. The number of hydrogen-bond acceptors (Lipinski definition) is 2. The van der Waals surface area contributed by atoms with Crippen LogP contribution in [0.4, 0.5) is 0 Å². The van der Waals surface area contributed by atoms with Crippen LogP contribution in [0.5, 0.6) is 0 Å². The van der Waals surface area contributed by atoms with Crippen molar-refractivity contribution in [1.82, 2.24) is 0 Å². The molecule has 0 aliphatic heterocycles. The molecule has 0 amide bonds. The summed E-state index contributed by atoms with van der Waals surface area (Å²) in [6.07, 6.45) is 5.86. The van der Waals surface area contributed by atoms with E-state index in [1.54, 1.807) is 0 Å². The highest BCUT2D eigenvalue weighted by Crippen LogP contribution is 2.35. The molecule has 0 heterocycles. The Labute approximate surface area is 77.2 Å². The number of hydrogen-bond donors (Lipinski definition) is 2. The van der Waals surface area contributed by atoms with Crippen LogP contribution in [0.3, 0.4) is 0 Å². The van der Waals surface area contributed by atoms with Gasteiger partial charge in [0.05, 0.1) is 0 Å². The van der Waals surface area contributed by atoms with Crippen LogP contribution in [0.25, 0.3) is 0 Å². The molecule has 0 aliphatic carbocycles. The minimum Gasteiger partial charge on any atom is -0.356 e. The maximum absolute atomic E-state index is 5.54. The van der Waals surface area contributed by atoms with Gasteiger partial charge < -0.3 is 11.3 Å². The summed E-state index contributed by atoms with van der Waals surface area (Å²) in [5, 5.41) is 0. The average Bonchev–Trinajstić information content (AvgIpc) is 2.08. The molecule has 0 fully saturated rings. The predicted octanol–water partition coefficient (Wildman–Crippen LogP) is 2.00. The number of rotatable bonds is 6. The van der Waals surface area contributed by atoms with E-state index in [2.05, 4.69) is 20.8 Å². The summed E-state index contributed by atoms with van der Waals surface area (Å²) in [6.45, 7) is 6.65. The average molecular weight is 170 g/mol. The lowest BCUT2D eigenvalue weighted by atomic mass is 9.66. The molecular weight excluding hydrogens is 147 g/mol. The highest BCUT2D eigenvalue weighted by atomic mass is 14.6. The van der Waals surface area contributed by atoms with E-state index in [4.69, 9.17) is 11.3 Å². The van der Waals surface area contributed by atoms with Crippen LogP contribution in [-0.4, -0.2) is 6.98 Å². The van der Waals surface area contributed by atoms with E-state index in [1.807, 2.05) is 0 Å². The van der Waals surface area contributed by atoms with Gasteiger partial charge in [0, 0.05) is 0 Å². The molecule has 3 heteroatoms. The van der Waals surface area contributed by atoms with Crippen LogP contribution in [-0.2, 0) is 0 Å². The van der Waals surface area contributed by atoms with E-state index >= 15 is 0 Å². The Balaban J connectivity index is 3.93. The van der Waals surface area contributed by atoms with Crippen molar-refractivity contribution in [3.05, 3.63) is 0 Å². The Morgan fingerprint density at radius 1 is 1.00 bits per heavy atom. The molecule has 0 aromatic carbocycles. The van der Waals surface area contributed by atoms with Gasteiger partial charge in [0.25, 0.3) is 6.98 Å². The molecule has 0 radical (unpaired) electrons. The Bertz CT molecular complexity index is 103. The first-order valence-corrected chi connectivity index (χ1v) is 5.11. The zero-order valence-electron chi connectivity index (χ0n) is 8.77. The van der Waals surface area contributed by atoms with Crippen molar-refractivity contribution >= 4 is 6.98 Å². The molecule has 0 aromatic rings. The molecular formula is C9H23BN2. The summed E-state index contributed by atoms with van der Waals surface area (Å²) in [5.41, 5.74) is 11.6. The minimum absolute atomic E-state index is 0.131. The second-order valence-electron chi connectivity index (χ2n) is 3.76. The van der Waals surface area contributed by atoms with Crippen molar-refractivity contribution in [2.24, 2.45) is 16.7 Å². The molecule has 0 rings (SSSR count). The van der Waals surface area contributed by atoms with Gasteiger partial charge in [0.15, 0.2) is 0 Å². The molecule has 0 aromatic heterocycles. The Morgan fingerprint density at radius 2 is 1.42 bits per heavy atom. The fourth-order valence-electron chi connectivity index (χ4n) is 1.75. The SMILES string of the molecule is CCC(CC)(CC)CCB(N)N. The van der Waals surface area contributed by atoms with Gasteiger partial charge in [-0.15, -0.1) is 0 Å². The fraction of sp³-hybridized carbons (Fsp3) is 1.00. The van der Waals surface area contributed by atoms with Gasteiger partial charge in [-0.2, -0.15) is 0 Å². The molecule has 0 aliphatic rings. The van der Waals surface area contributed by atoms with Gasteiger partial charge in [-0.05, 0) is 11.7 Å². The van der Waals surface area contributed by atoms with Gasteiger partial charge in [-0.1, -0.05) is 46.5 Å². The van der Waals surface area contributed by atoms with E-state index in [0.717, 1.165) is 6.32 Å². The molecule has 0 saturated carbocycles. The second kappa shape index (κ2) is 5.60. The van der Waals surface area contributed by atoms with E-state index < -0.39 is 0 Å². The van der Waals surface area contributed by atoms with Crippen LogP contribution in [0.1, 0.15) is 46.5 Å². The third-order valence-corrected chi connectivity index (χ3v) is 3.26. The zero-order valence-corrected chi connectivity index (χ0v) is 8.77. The molecule has 0 saturated heterocycles. The molecule has 72 valence electrons. The maximum atomic E-state index is 5.54. The monoisotopic (exact) mass is 170 g/mol. The highest BCUT2D eigenvalue weighted by Gasteiger charge is 2.24. The lowest BCUT2D eigenvalue weighted by Gasteiger charge is -2.30. The zero-order chi connectivity index (χ0) is 9.61. The lowest BCUT2D eigenvalue weighted by molar-refractivity contribution is 0.239. The van der Waals surface area contributed by atoms with Gasteiger partial charge in [0.1, 0.15) is 0 Å². The quantitative estimate of drug-likeness (QED) is 0.599. The summed E-state index contributed by atoms with van der Waals surface area (Å²) >= 11 is 0. The first-order chi connectivity index (χ1) is 5.60. The fourth-order valence-corrected chi connectivity index (χ4v) is 1.75. The van der Waals surface area contributed by atoms with Gasteiger partial charge >= 0.3 is 0 Å². The molecule has 0 unspecified atom stereocenters. The van der Waals surface area contributed by atoms with E-state index in [0.29, 0.717) is 5.41 Å². The van der Waals surface area contributed by atoms with Crippen molar-refractivity contribution in [2.75, 3.05) is 0 Å². The van der Waals surface area contributed by atoms with Gasteiger partial charge in [-0.3, -0.25) is 0 Å². The summed E-state index contributed by atoms with van der Waals surface area (Å²) < 4.78 is 0. The molecule has 0 spiro atoms. The Kier molecular flexibility index (Phi) is 5.59. The van der Waals surface area contributed by atoms with Crippen LogP contribution in [0, 0.1) is 5.41 Å². The summed E-state index contributed by atoms with van der Waals surface area (Å²) in [6, 6.07) is 0. The number of nitrogens with two attached hydrogens (primary N) is 2. The Morgan fingerprint density at radius 3 is 1.67 bits per heavy atom. The van der Waals surface area contributed by atoms with E-state index in [1.165, 1.54) is 25.7 Å². The standard InChI is InChI=1S/C9H23BN2/c1-4-9(5-2,6-3)7-8-10(11)12/h4-8,11-12H2,1-3H3. The lowest BCUT2D eigenvalue weighted by Crippen LogP contribution is -2.38. The Hall–Kier alpha value is -0.0151. The van der Waals surface area contributed by atoms with E-state index in [-0.39, 0.29) is 6.98 Å². The molecule has 0 atom stereocenters. The van der Waals surface area contributed by atoms with Crippen LogP contribution >= 0.6 is 0 Å². The predicted molar refractivity (Wildman–Crippen MR) is 56.9 cm³/mol. The van der Waals surface area contributed by atoms with Crippen molar-refractivity contribution < 1.29 is 0 Å². The molecule has 0 bridgehead atoms. The third kappa shape index (κ3) is 3.59. The molecule has 2 nitrogen and oxygen atoms in total. The normalized spacial score (nSPS) is 11.8. The maximum Gasteiger partial charge on any atom is 0.299 e. The van der Waals surface area contributed by atoms with Crippen molar-refractivity contribution in [1.29, 1.82) is 0 Å². The van der Waals surface area contributed by atoms with Gasteiger partial charge in [-0.25, -0.2) is 0 Å². The van der Waals surface area contributed by atoms with Crippen LogP contribution in [0.2, 0.25) is 6.32 Å².